The number of hydrogen-bond acceptors (Lipinski definition) is 9. The SMILES string of the molecule is CCOc1ccccc1-c1nnc(SCc2noc(-c3ccsc3)n2)o1. The quantitative estimate of drug-likeness (QED) is 0.428. The van der Waals surface area contributed by atoms with Gasteiger partial charge in [0.1, 0.15) is 5.75 Å². The van der Waals surface area contributed by atoms with Gasteiger partial charge in [0, 0.05) is 5.38 Å². The van der Waals surface area contributed by atoms with E-state index in [0.717, 1.165) is 11.1 Å². The van der Waals surface area contributed by atoms with E-state index in [0.29, 0.717) is 40.9 Å². The Bertz CT molecular complexity index is 981. The molecule has 0 bridgehead atoms. The van der Waals surface area contributed by atoms with Gasteiger partial charge in [0.25, 0.3) is 17.0 Å². The minimum Gasteiger partial charge on any atom is -0.493 e. The standard InChI is InChI=1S/C17H14N4O3S2/c1-2-22-13-6-4-3-5-12(13)16-19-20-17(23-16)26-10-14-18-15(24-21-14)11-7-8-25-9-11/h3-9H,2,10H2,1H3. The average Bonchev–Trinajstić information content (AvgIpc) is 3.41. The molecule has 0 aliphatic carbocycles. The first kappa shape index (κ1) is 16.8. The maximum Gasteiger partial charge on any atom is 0.277 e. The van der Waals surface area contributed by atoms with Crippen LogP contribution < -0.4 is 4.74 Å². The zero-order chi connectivity index (χ0) is 17.8. The van der Waals surface area contributed by atoms with Crippen molar-refractivity contribution in [2.45, 2.75) is 17.9 Å². The highest BCUT2D eigenvalue weighted by molar-refractivity contribution is 7.98. The molecule has 4 aromatic rings. The number of hydrogen-bond donors (Lipinski definition) is 0. The Kier molecular flexibility index (Phi) is 4.98. The van der Waals surface area contributed by atoms with Gasteiger partial charge < -0.3 is 13.7 Å². The van der Waals surface area contributed by atoms with Crippen molar-refractivity contribution in [3.05, 3.63) is 46.9 Å². The first-order valence-electron chi connectivity index (χ1n) is 7.87. The monoisotopic (exact) mass is 386 g/mol. The van der Waals surface area contributed by atoms with Gasteiger partial charge in [-0.2, -0.15) is 16.3 Å². The van der Waals surface area contributed by atoms with Crippen molar-refractivity contribution >= 4 is 23.1 Å². The fourth-order valence-corrected chi connectivity index (χ4v) is 3.48. The molecule has 0 saturated heterocycles. The predicted molar refractivity (Wildman–Crippen MR) is 98.1 cm³/mol. The molecular weight excluding hydrogens is 372 g/mol. The largest absolute Gasteiger partial charge is 0.493 e. The molecule has 0 radical (unpaired) electrons. The molecule has 7 nitrogen and oxygen atoms in total. The fourth-order valence-electron chi connectivity index (χ4n) is 2.24. The Balaban J connectivity index is 1.45. The summed E-state index contributed by atoms with van der Waals surface area (Å²) in [6.45, 7) is 2.50. The third kappa shape index (κ3) is 3.63. The summed E-state index contributed by atoms with van der Waals surface area (Å²) in [5, 5.41) is 16.5. The molecule has 132 valence electrons. The molecule has 0 amide bonds. The van der Waals surface area contributed by atoms with Crippen LogP contribution in [0.15, 0.2) is 55.3 Å². The smallest absolute Gasteiger partial charge is 0.277 e. The molecule has 1 aromatic carbocycles. The second-order valence-electron chi connectivity index (χ2n) is 5.12. The lowest BCUT2D eigenvalue weighted by molar-refractivity contribution is 0.340. The zero-order valence-electron chi connectivity index (χ0n) is 13.8. The van der Waals surface area contributed by atoms with Gasteiger partial charge in [-0.3, -0.25) is 0 Å². The summed E-state index contributed by atoms with van der Waals surface area (Å²) in [7, 11) is 0. The van der Waals surface area contributed by atoms with Crippen molar-refractivity contribution < 1.29 is 13.7 Å². The van der Waals surface area contributed by atoms with E-state index in [1.165, 1.54) is 11.8 Å². The van der Waals surface area contributed by atoms with Crippen molar-refractivity contribution in [3.63, 3.8) is 0 Å². The summed E-state index contributed by atoms with van der Waals surface area (Å²) in [5.74, 6) is 2.70. The molecule has 0 unspecified atom stereocenters. The summed E-state index contributed by atoms with van der Waals surface area (Å²) >= 11 is 2.94. The Labute approximate surface area is 157 Å². The Hall–Kier alpha value is -2.65. The molecule has 0 N–H and O–H groups in total. The molecule has 0 atom stereocenters. The number of thiophene rings is 1. The lowest BCUT2D eigenvalue weighted by atomic mass is 10.2. The highest BCUT2D eigenvalue weighted by Gasteiger charge is 2.15. The maximum absolute atomic E-state index is 5.73. The highest BCUT2D eigenvalue weighted by atomic mass is 32.2. The van der Waals surface area contributed by atoms with Crippen molar-refractivity contribution in [1.29, 1.82) is 0 Å². The van der Waals surface area contributed by atoms with Crippen molar-refractivity contribution in [2.75, 3.05) is 6.61 Å². The summed E-state index contributed by atoms with van der Waals surface area (Å²) < 4.78 is 16.6. The number of ether oxygens (including phenoxy) is 1. The van der Waals surface area contributed by atoms with Crippen LogP contribution in [-0.4, -0.2) is 26.9 Å². The van der Waals surface area contributed by atoms with Crippen molar-refractivity contribution in [1.82, 2.24) is 20.3 Å². The molecule has 3 heterocycles. The van der Waals surface area contributed by atoms with Crippen LogP contribution in [0.2, 0.25) is 0 Å². The van der Waals surface area contributed by atoms with Crippen LogP contribution in [0.1, 0.15) is 12.7 Å². The molecule has 26 heavy (non-hydrogen) atoms. The van der Waals surface area contributed by atoms with E-state index < -0.39 is 0 Å². The summed E-state index contributed by atoms with van der Waals surface area (Å²) in [5.41, 5.74) is 1.69. The van der Waals surface area contributed by atoms with E-state index in [-0.39, 0.29) is 0 Å². The summed E-state index contributed by atoms with van der Waals surface area (Å²) in [4.78, 5) is 4.37. The molecule has 0 spiro atoms. The number of aromatic nitrogens is 4. The normalized spacial score (nSPS) is 11.0. The molecule has 0 aliphatic rings. The van der Waals surface area contributed by atoms with E-state index in [1.807, 2.05) is 48.0 Å². The van der Waals surface area contributed by atoms with Crippen LogP contribution in [0.5, 0.6) is 5.75 Å². The van der Waals surface area contributed by atoms with Crippen LogP contribution in [-0.2, 0) is 5.75 Å². The van der Waals surface area contributed by atoms with Crippen LogP contribution in [0.3, 0.4) is 0 Å². The van der Waals surface area contributed by atoms with Gasteiger partial charge in [0.2, 0.25) is 0 Å². The van der Waals surface area contributed by atoms with Gasteiger partial charge in [-0.15, -0.1) is 10.2 Å². The van der Waals surface area contributed by atoms with E-state index in [4.69, 9.17) is 13.7 Å². The fraction of sp³-hybridized carbons (Fsp3) is 0.176. The predicted octanol–water partition coefficient (Wildman–Crippen LogP) is 4.54. The number of benzene rings is 1. The Morgan fingerprint density at radius 1 is 1.15 bits per heavy atom. The van der Waals surface area contributed by atoms with Crippen molar-refractivity contribution in [3.8, 4) is 28.7 Å². The van der Waals surface area contributed by atoms with Crippen LogP contribution in [0.4, 0.5) is 0 Å². The third-order valence-electron chi connectivity index (χ3n) is 3.38. The van der Waals surface area contributed by atoms with Gasteiger partial charge in [0.05, 0.1) is 23.5 Å². The first-order valence-corrected chi connectivity index (χ1v) is 9.80. The zero-order valence-corrected chi connectivity index (χ0v) is 15.4. The summed E-state index contributed by atoms with van der Waals surface area (Å²) in [6, 6.07) is 9.51. The number of nitrogens with zero attached hydrogens (tertiary/aromatic N) is 4. The average molecular weight is 386 g/mol. The summed E-state index contributed by atoms with van der Waals surface area (Å²) in [6.07, 6.45) is 0. The molecule has 4 rings (SSSR count). The van der Waals surface area contributed by atoms with Gasteiger partial charge in [-0.05, 0) is 30.5 Å². The van der Waals surface area contributed by atoms with Crippen LogP contribution in [0.25, 0.3) is 22.9 Å². The topological polar surface area (TPSA) is 87.1 Å². The number of para-hydroxylation sites is 1. The number of rotatable bonds is 7. The second kappa shape index (κ2) is 7.71. The number of thioether (sulfide) groups is 1. The van der Waals surface area contributed by atoms with Gasteiger partial charge >= 0.3 is 0 Å². The van der Waals surface area contributed by atoms with Gasteiger partial charge in [-0.1, -0.05) is 29.1 Å². The Morgan fingerprint density at radius 2 is 2.08 bits per heavy atom. The second-order valence-corrected chi connectivity index (χ2v) is 6.83. The lowest BCUT2D eigenvalue weighted by Crippen LogP contribution is -1.93. The minimum atomic E-state index is 0.420. The van der Waals surface area contributed by atoms with Crippen LogP contribution >= 0.6 is 23.1 Å². The van der Waals surface area contributed by atoms with E-state index >= 15 is 0 Å². The lowest BCUT2D eigenvalue weighted by Gasteiger charge is -2.05. The minimum absolute atomic E-state index is 0.420. The van der Waals surface area contributed by atoms with E-state index in [9.17, 15) is 0 Å². The van der Waals surface area contributed by atoms with Crippen molar-refractivity contribution in [2.24, 2.45) is 0 Å². The molecule has 9 heteroatoms. The molecule has 0 fully saturated rings. The maximum atomic E-state index is 5.73. The third-order valence-corrected chi connectivity index (χ3v) is 4.88. The first-order chi connectivity index (χ1) is 12.8. The highest BCUT2D eigenvalue weighted by Crippen LogP contribution is 2.31. The molecule has 0 saturated carbocycles. The van der Waals surface area contributed by atoms with E-state index in [2.05, 4.69) is 20.3 Å². The molecule has 0 aliphatic heterocycles. The van der Waals surface area contributed by atoms with Gasteiger partial charge in [-0.25, -0.2) is 0 Å². The Morgan fingerprint density at radius 3 is 2.92 bits per heavy atom. The molecular formula is C17H14N4O3S2. The van der Waals surface area contributed by atoms with Gasteiger partial charge in [0.15, 0.2) is 5.82 Å². The van der Waals surface area contributed by atoms with Crippen LogP contribution in [0, 0.1) is 0 Å². The molecule has 3 aromatic heterocycles. The van der Waals surface area contributed by atoms with E-state index in [1.54, 1.807) is 11.3 Å².